The zero-order valence-electron chi connectivity index (χ0n) is 17.4. The number of thiazole rings is 1. The largest absolute Gasteiger partial charge is 0.359 e. The molecule has 1 fully saturated rings. The van der Waals surface area contributed by atoms with Crippen LogP contribution in [0.1, 0.15) is 18.4 Å². The highest BCUT2D eigenvalue weighted by molar-refractivity contribution is 7.93. The van der Waals surface area contributed by atoms with Crippen LogP contribution in [-0.4, -0.2) is 38.4 Å². The average molecular weight is 507 g/mol. The molecular weight excluding hydrogens is 487 g/mol. The molecule has 1 amide bonds. The van der Waals surface area contributed by atoms with E-state index in [-0.39, 0.29) is 21.6 Å². The smallest absolute Gasteiger partial charge is 0.263 e. The number of amides is 1. The Kier molecular flexibility index (Phi) is 5.75. The van der Waals surface area contributed by atoms with Crippen LogP contribution in [0.25, 0.3) is 0 Å². The Balaban J connectivity index is 1.38. The van der Waals surface area contributed by atoms with Gasteiger partial charge in [-0.15, -0.1) is 11.3 Å². The molecule has 7 nitrogen and oxygen atoms in total. The molecule has 3 aromatic rings. The van der Waals surface area contributed by atoms with E-state index in [2.05, 4.69) is 14.6 Å². The van der Waals surface area contributed by atoms with Gasteiger partial charge < -0.3 is 9.80 Å². The molecule has 0 bridgehead atoms. The number of aryl methyl sites for hydroxylation is 1. The van der Waals surface area contributed by atoms with Crippen LogP contribution in [0.3, 0.4) is 0 Å². The molecule has 0 unspecified atom stereocenters. The van der Waals surface area contributed by atoms with Crippen LogP contribution in [0.15, 0.2) is 52.9 Å². The van der Waals surface area contributed by atoms with Gasteiger partial charge in [0.05, 0.1) is 10.6 Å². The second-order valence-electron chi connectivity index (χ2n) is 7.92. The third-order valence-corrected chi connectivity index (χ3v) is 8.31. The lowest BCUT2D eigenvalue weighted by molar-refractivity contribution is -0.118. The lowest BCUT2D eigenvalue weighted by Crippen LogP contribution is -2.44. The molecule has 0 spiro atoms. The first-order valence-corrected chi connectivity index (χ1v) is 13.2. The second kappa shape index (κ2) is 8.58. The summed E-state index contributed by atoms with van der Waals surface area (Å²) in [4.78, 5) is 20.4. The molecule has 1 N–H and O–H groups in total. The lowest BCUT2D eigenvalue weighted by atomic mass is 9.99. The van der Waals surface area contributed by atoms with E-state index in [9.17, 15) is 13.2 Å². The third kappa shape index (κ3) is 4.18. The van der Waals surface area contributed by atoms with Crippen molar-refractivity contribution in [1.29, 1.82) is 0 Å². The zero-order chi connectivity index (χ0) is 23.2. The average Bonchev–Trinajstić information content (AvgIpc) is 3.42. The number of fused-ring (bicyclic) bond motifs is 1. The SMILES string of the molecule is O=C1[C@H](N2CCCc3cc(Cl)ccc32)CCN1c1ccc(S(=O)(=O)Nc2nccs2)cc1F. The number of hydrogen-bond donors (Lipinski definition) is 1. The number of aromatic nitrogens is 1. The highest BCUT2D eigenvalue weighted by atomic mass is 35.5. The summed E-state index contributed by atoms with van der Waals surface area (Å²) in [5.41, 5.74) is 2.17. The van der Waals surface area contributed by atoms with Crippen molar-refractivity contribution in [3.05, 3.63) is 64.4 Å². The molecule has 172 valence electrons. The molecule has 2 aliphatic heterocycles. The number of sulfonamides is 1. The van der Waals surface area contributed by atoms with Gasteiger partial charge in [0, 0.05) is 35.4 Å². The molecule has 11 heteroatoms. The van der Waals surface area contributed by atoms with Crippen molar-refractivity contribution < 1.29 is 17.6 Å². The molecule has 0 aliphatic carbocycles. The van der Waals surface area contributed by atoms with Crippen LogP contribution in [0.4, 0.5) is 20.9 Å². The second-order valence-corrected chi connectivity index (χ2v) is 10.9. The monoisotopic (exact) mass is 506 g/mol. The molecule has 1 saturated heterocycles. The Morgan fingerprint density at radius 3 is 2.73 bits per heavy atom. The summed E-state index contributed by atoms with van der Waals surface area (Å²) >= 11 is 7.25. The number of nitrogens with one attached hydrogen (secondary N) is 1. The fourth-order valence-electron chi connectivity index (χ4n) is 4.43. The Hall–Kier alpha value is -2.69. The molecule has 33 heavy (non-hydrogen) atoms. The van der Waals surface area contributed by atoms with Gasteiger partial charge in [-0.1, -0.05) is 11.6 Å². The highest BCUT2D eigenvalue weighted by Crippen LogP contribution is 2.35. The van der Waals surface area contributed by atoms with Gasteiger partial charge in [0.1, 0.15) is 11.9 Å². The normalized spacial score (nSPS) is 18.5. The summed E-state index contributed by atoms with van der Waals surface area (Å²) in [6, 6.07) is 8.85. The van der Waals surface area contributed by atoms with Crippen molar-refractivity contribution in [1.82, 2.24) is 4.98 Å². The fraction of sp³-hybridized carbons (Fsp3) is 0.273. The van der Waals surface area contributed by atoms with Crippen LogP contribution in [-0.2, 0) is 21.2 Å². The minimum Gasteiger partial charge on any atom is -0.359 e. The van der Waals surface area contributed by atoms with E-state index in [4.69, 9.17) is 11.6 Å². The predicted octanol–water partition coefficient (Wildman–Crippen LogP) is 4.29. The highest BCUT2D eigenvalue weighted by Gasteiger charge is 2.39. The van der Waals surface area contributed by atoms with Gasteiger partial charge in [0.2, 0.25) is 5.91 Å². The van der Waals surface area contributed by atoms with Crippen LogP contribution >= 0.6 is 22.9 Å². The minimum absolute atomic E-state index is 0.0732. The van der Waals surface area contributed by atoms with Crippen molar-refractivity contribution >= 4 is 55.4 Å². The number of carbonyl (C=O) groups is 1. The summed E-state index contributed by atoms with van der Waals surface area (Å²) in [6.45, 7) is 1.09. The first kappa shape index (κ1) is 22.1. The van der Waals surface area contributed by atoms with Gasteiger partial charge in [0.25, 0.3) is 10.0 Å². The van der Waals surface area contributed by atoms with E-state index < -0.39 is 21.9 Å². The van der Waals surface area contributed by atoms with E-state index in [0.717, 1.165) is 48.0 Å². The van der Waals surface area contributed by atoms with Crippen molar-refractivity contribution in [3.63, 3.8) is 0 Å². The van der Waals surface area contributed by atoms with Gasteiger partial charge >= 0.3 is 0 Å². The van der Waals surface area contributed by atoms with E-state index in [0.29, 0.717) is 18.0 Å². The quantitative estimate of drug-likeness (QED) is 0.558. The van der Waals surface area contributed by atoms with Gasteiger partial charge in [-0.25, -0.2) is 17.8 Å². The maximum absolute atomic E-state index is 15.0. The Morgan fingerprint density at radius 2 is 1.97 bits per heavy atom. The Morgan fingerprint density at radius 1 is 1.15 bits per heavy atom. The summed E-state index contributed by atoms with van der Waals surface area (Å²) in [5.74, 6) is -0.968. The summed E-state index contributed by atoms with van der Waals surface area (Å²) in [7, 11) is -3.99. The number of anilines is 3. The van der Waals surface area contributed by atoms with Gasteiger partial charge in [-0.05, 0) is 61.2 Å². The van der Waals surface area contributed by atoms with E-state index >= 15 is 4.39 Å². The topological polar surface area (TPSA) is 82.6 Å². The van der Waals surface area contributed by atoms with Crippen molar-refractivity contribution in [2.45, 2.75) is 30.2 Å². The molecule has 5 rings (SSSR count). The van der Waals surface area contributed by atoms with Crippen LogP contribution in [0.5, 0.6) is 0 Å². The third-order valence-electron chi connectivity index (χ3n) is 5.92. The molecule has 1 aromatic heterocycles. The Bertz CT molecular complexity index is 1320. The Labute approximate surface area is 199 Å². The molecule has 2 aliphatic rings. The molecule has 3 heterocycles. The maximum Gasteiger partial charge on any atom is 0.263 e. The predicted molar refractivity (Wildman–Crippen MR) is 127 cm³/mol. The van der Waals surface area contributed by atoms with Gasteiger partial charge in [0.15, 0.2) is 5.13 Å². The van der Waals surface area contributed by atoms with E-state index in [1.54, 1.807) is 5.38 Å². The van der Waals surface area contributed by atoms with Gasteiger partial charge in [-0.2, -0.15) is 0 Å². The fourth-order valence-corrected chi connectivity index (χ4v) is 6.43. The number of nitrogens with zero attached hydrogens (tertiary/aromatic N) is 3. The number of halogens is 2. The van der Waals surface area contributed by atoms with Crippen molar-refractivity contribution in [2.75, 3.05) is 27.6 Å². The van der Waals surface area contributed by atoms with Crippen LogP contribution in [0.2, 0.25) is 5.02 Å². The first-order chi connectivity index (χ1) is 15.8. The van der Waals surface area contributed by atoms with Gasteiger partial charge in [-0.3, -0.25) is 9.52 Å². The molecule has 0 saturated carbocycles. The standard InChI is InChI=1S/C22H20ClFN4O3S2/c23-15-3-5-18-14(12-15)2-1-9-27(18)20-7-10-28(21(20)29)19-6-4-16(13-17(19)24)33(30,31)26-22-25-8-11-32-22/h3-6,8,11-13,20H,1-2,7,9-10H2,(H,25,26)/t20-/m1/s1. The zero-order valence-corrected chi connectivity index (χ0v) is 19.8. The molecule has 0 radical (unpaired) electrons. The number of benzene rings is 2. The molecule has 2 aromatic carbocycles. The number of hydrogen-bond acceptors (Lipinski definition) is 6. The van der Waals surface area contributed by atoms with Crippen molar-refractivity contribution in [3.8, 4) is 0 Å². The van der Waals surface area contributed by atoms with Crippen LogP contribution < -0.4 is 14.5 Å². The minimum atomic E-state index is -3.99. The first-order valence-electron chi connectivity index (χ1n) is 10.4. The van der Waals surface area contributed by atoms with Crippen molar-refractivity contribution in [2.24, 2.45) is 0 Å². The van der Waals surface area contributed by atoms with Crippen LogP contribution in [0, 0.1) is 5.82 Å². The van der Waals surface area contributed by atoms with E-state index in [1.807, 2.05) is 18.2 Å². The summed E-state index contributed by atoms with van der Waals surface area (Å²) in [5, 5.41) is 2.49. The molecule has 1 atom stereocenters. The number of carbonyl (C=O) groups excluding carboxylic acids is 1. The number of rotatable bonds is 5. The summed E-state index contributed by atoms with van der Waals surface area (Å²) in [6.07, 6.45) is 3.82. The summed E-state index contributed by atoms with van der Waals surface area (Å²) < 4.78 is 42.4. The maximum atomic E-state index is 15.0. The lowest BCUT2D eigenvalue weighted by Gasteiger charge is -2.35. The molecular formula is C22H20ClFN4O3S2. The van der Waals surface area contributed by atoms with E-state index in [1.165, 1.54) is 23.2 Å².